The van der Waals surface area contributed by atoms with Gasteiger partial charge in [-0.2, -0.15) is 4.98 Å². The van der Waals surface area contributed by atoms with Gasteiger partial charge in [-0.05, 0) is 56.7 Å². The van der Waals surface area contributed by atoms with Crippen molar-refractivity contribution in [2.45, 2.75) is 51.7 Å². The summed E-state index contributed by atoms with van der Waals surface area (Å²) in [7, 11) is 0. The molecule has 1 saturated carbocycles. The van der Waals surface area contributed by atoms with Crippen molar-refractivity contribution in [3.63, 3.8) is 0 Å². The van der Waals surface area contributed by atoms with Gasteiger partial charge in [0.05, 0.1) is 30.3 Å². The minimum Gasteiger partial charge on any atom is -0.506 e. The minimum absolute atomic E-state index is 0.0770. The number of pyridine rings is 3. The zero-order valence-corrected chi connectivity index (χ0v) is 19.3. The lowest BCUT2D eigenvalue weighted by Crippen LogP contribution is -2.37. The second-order valence-corrected chi connectivity index (χ2v) is 9.06. The number of morpholine rings is 1. The molecule has 1 aliphatic carbocycles. The van der Waals surface area contributed by atoms with Crippen LogP contribution in [0.4, 0.5) is 11.6 Å². The molecule has 33 heavy (non-hydrogen) atoms. The second kappa shape index (κ2) is 9.39. The first-order valence-electron chi connectivity index (χ1n) is 11.7. The maximum absolute atomic E-state index is 10.0. The highest BCUT2D eigenvalue weighted by Gasteiger charge is 2.25. The van der Waals surface area contributed by atoms with E-state index in [9.17, 15) is 5.11 Å². The third-order valence-corrected chi connectivity index (χ3v) is 6.46. The first-order chi connectivity index (χ1) is 16.0. The highest BCUT2D eigenvalue weighted by atomic mass is 16.5. The molecule has 1 saturated heterocycles. The summed E-state index contributed by atoms with van der Waals surface area (Å²) in [6.07, 6.45) is 7.32. The number of aromatic hydroxyl groups is 1. The summed E-state index contributed by atoms with van der Waals surface area (Å²) < 4.78 is 11.9. The lowest BCUT2D eigenvalue weighted by Gasteiger charge is -2.31. The van der Waals surface area contributed by atoms with Gasteiger partial charge in [0.2, 0.25) is 5.88 Å². The fourth-order valence-electron chi connectivity index (χ4n) is 4.66. The molecule has 3 aromatic heterocycles. The van der Waals surface area contributed by atoms with Gasteiger partial charge in [0.25, 0.3) is 0 Å². The van der Waals surface area contributed by atoms with E-state index in [4.69, 9.17) is 14.5 Å². The minimum atomic E-state index is 0.0770. The molecule has 2 N–H and O–H groups in total. The van der Waals surface area contributed by atoms with Crippen molar-refractivity contribution in [1.82, 2.24) is 15.0 Å². The van der Waals surface area contributed by atoms with Crippen LogP contribution in [-0.2, 0) is 4.74 Å². The van der Waals surface area contributed by atoms with Crippen LogP contribution in [0.1, 0.15) is 36.8 Å². The second-order valence-electron chi connectivity index (χ2n) is 9.06. The largest absolute Gasteiger partial charge is 0.506 e. The molecule has 0 aromatic carbocycles. The highest BCUT2D eigenvalue weighted by molar-refractivity contribution is 5.86. The van der Waals surface area contributed by atoms with E-state index >= 15 is 0 Å². The molecule has 5 rings (SSSR count). The molecular weight excluding hydrogens is 418 g/mol. The van der Waals surface area contributed by atoms with Crippen molar-refractivity contribution in [2.75, 3.05) is 36.5 Å². The third kappa shape index (κ3) is 4.95. The average molecular weight is 450 g/mol. The summed E-state index contributed by atoms with van der Waals surface area (Å²) in [5.74, 6) is 2.47. The topological polar surface area (TPSA) is 92.6 Å². The molecule has 4 heterocycles. The molecule has 174 valence electrons. The summed E-state index contributed by atoms with van der Waals surface area (Å²) in [6.45, 7) is 7.11. The van der Waals surface area contributed by atoms with E-state index in [1.165, 1.54) is 17.3 Å². The number of nitrogens with one attached hydrogen (secondary N) is 1. The van der Waals surface area contributed by atoms with Crippen molar-refractivity contribution < 1.29 is 14.6 Å². The smallest absolute Gasteiger partial charge is 0.225 e. The van der Waals surface area contributed by atoms with Gasteiger partial charge in [-0.1, -0.05) is 6.07 Å². The predicted octanol–water partition coefficient (Wildman–Crippen LogP) is 3.99. The van der Waals surface area contributed by atoms with Gasteiger partial charge in [0.15, 0.2) is 0 Å². The molecule has 0 spiro atoms. The van der Waals surface area contributed by atoms with Gasteiger partial charge in [-0.25, -0.2) is 4.98 Å². The van der Waals surface area contributed by atoms with Gasteiger partial charge in [0.1, 0.15) is 23.5 Å². The van der Waals surface area contributed by atoms with Crippen LogP contribution in [0.3, 0.4) is 0 Å². The van der Waals surface area contributed by atoms with E-state index in [-0.39, 0.29) is 11.9 Å². The molecule has 8 heteroatoms. The van der Waals surface area contributed by atoms with Crippen LogP contribution in [0.2, 0.25) is 0 Å². The van der Waals surface area contributed by atoms with E-state index < -0.39 is 0 Å². The zero-order valence-electron chi connectivity index (χ0n) is 19.3. The molecule has 2 fully saturated rings. The molecule has 8 nitrogen and oxygen atoms in total. The summed E-state index contributed by atoms with van der Waals surface area (Å²) in [4.78, 5) is 16.0. The van der Waals surface area contributed by atoms with Crippen molar-refractivity contribution >= 4 is 22.5 Å². The summed E-state index contributed by atoms with van der Waals surface area (Å²) >= 11 is 0. The first-order valence-corrected chi connectivity index (χ1v) is 11.7. The Labute approximate surface area is 194 Å². The summed E-state index contributed by atoms with van der Waals surface area (Å²) in [5, 5.41) is 14.4. The van der Waals surface area contributed by atoms with Crippen molar-refractivity contribution in [3.05, 3.63) is 41.7 Å². The fraction of sp³-hybridized carbons (Fsp3) is 0.480. The third-order valence-electron chi connectivity index (χ3n) is 6.46. The lowest BCUT2D eigenvalue weighted by molar-refractivity contribution is 0.122. The van der Waals surface area contributed by atoms with Crippen molar-refractivity contribution in [2.24, 2.45) is 0 Å². The zero-order chi connectivity index (χ0) is 22.8. The number of rotatable bonds is 5. The number of fused-ring (bicyclic) bond motifs is 1. The molecule has 0 bridgehead atoms. The predicted molar refractivity (Wildman–Crippen MR) is 128 cm³/mol. The SMILES string of the molecule is Cc1cnc(NC2CCC(Oc3nc(N4CCOCC4)cc4ncc(O)cc34)CC2)c(C)c1. The van der Waals surface area contributed by atoms with E-state index in [0.29, 0.717) is 25.1 Å². The van der Waals surface area contributed by atoms with Gasteiger partial charge in [-0.3, -0.25) is 4.98 Å². The monoisotopic (exact) mass is 449 g/mol. The number of nitrogens with zero attached hydrogens (tertiary/aromatic N) is 4. The highest BCUT2D eigenvalue weighted by Crippen LogP contribution is 2.33. The van der Waals surface area contributed by atoms with Gasteiger partial charge < -0.3 is 24.8 Å². The normalized spacial score (nSPS) is 21.2. The maximum atomic E-state index is 10.0. The van der Waals surface area contributed by atoms with E-state index in [0.717, 1.165) is 61.3 Å². The Hall–Kier alpha value is -3.13. The Bertz CT molecular complexity index is 1120. The van der Waals surface area contributed by atoms with E-state index in [1.54, 1.807) is 6.07 Å². The standard InChI is InChI=1S/C25H31N5O3/c1-16-11-17(2)24(27-14-16)28-18-3-5-20(6-4-18)33-25-21-12-19(31)15-26-22(21)13-23(29-25)30-7-9-32-10-8-30/h11-15,18,20,31H,3-10H2,1-2H3,(H,27,28). The van der Waals surface area contributed by atoms with E-state index in [2.05, 4.69) is 40.1 Å². The molecule has 2 aliphatic rings. The Balaban J connectivity index is 1.30. The number of hydrogen-bond acceptors (Lipinski definition) is 8. The van der Waals surface area contributed by atoms with Gasteiger partial charge in [0, 0.05) is 31.4 Å². The van der Waals surface area contributed by atoms with Crippen LogP contribution in [0.15, 0.2) is 30.6 Å². The molecule has 0 atom stereocenters. The number of aryl methyl sites for hydroxylation is 2. The maximum Gasteiger partial charge on any atom is 0.225 e. The quantitative estimate of drug-likeness (QED) is 0.604. The van der Waals surface area contributed by atoms with E-state index in [1.807, 2.05) is 12.3 Å². The van der Waals surface area contributed by atoms with Crippen LogP contribution < -0.4 is 15.0 Å². The average Bonchev–Trinajstić information content (AvgIpc) is 2.83. The van der Waals surface area contributed by atoms with Crippen molar-refractivity contribution in [3.8, 4) is 11.6 Å². The lowest BCUT2D eigenvalue weighted by atomic mass is 9.93. The number of aromatic nitrogens is 3. The Morgan fingerprint density at radius 1 is 1.03 bits per heavy atom. The summed E-state index contributed by atoms with van der Waals surface area (Å²) in [5.41, 5.74) is 3.13. The van der Waals surface area contributed by atoms with Gasteiger partial charge >= 0.3 is 0 Å². The van der Waals surface area contributed by atoms with Crippen LogP contribution in [0.25, 0.3) is 10.9 Å². The van der Waals surface area contributed by atoms with Crippen LogP contribution in [-0.4, -0.2) is 58.5 Å². The van der Waals surface area contributed by atoms with Crippen LogP contribution in [0.5, 0.6) is 11.6 Å². The molecular formula is C25H31N5O3. The molecule has 3 aromatic rings. The number of anilines is 2. The van der Waals surface area contributed by atoms with Gasteiger partial charge in [-0.15, -0.1) is 0 Å². The molecule has 0 unspecified atom stereocenters. The molecule has 0 radical (unpaired) electrons. The number of ether oxygens (including phenoxy) is 2. The molecule has 1 aliphatic heterocycles. The van der Waals surface area contributed by atoms with Crippen molar-refractivity contribution in [1.29, 1.82) is 0 Å². The Kier molecular flexibility index (Phi) is 6.17. The first kappa shape index (κ1) is 21.7. The Morgan fingerprint density at radius 2 is 1.82 bits per heavy atom. The summed E-state index contributed by atoms with van der Waals surface area (Å²) in [6, 6.07) is 6.19. The Morgan fingerprint density at radius 3 is 2.58 bits per heavy atom. The fourth-order valence-corrected chi connectivity index (χ4v) is 4.66. The van der Waals surface area contributed by atoms with Crippen LogP contribution >= 0.6 is 0 Å². The molecule has 0 amide bonds. The number of hydrogen-bond donors (Lipinski definition) is 2. The van der Waals surface area contributed by atoms with Crippen LogP contribution in [0, 0.1) is 13.8 Å².